The third-order valence-electron chi connectivity index (χ3n) is 6.80. The number of anilines is 1. The SMILES string of the molecule is CCNS(=O)(=O)c1cc(N2CC(OC(C)C)C2)ccc1-c1cnc(C2CCC(NC(=O)OC(C)C)CC2)s1. The van der Waals surface area contributed by atoms with Gasteiger partial charge in [-0.15, -0.1) is 11.3 Å². The minimum absolute atomic E-state index is 0.105. The number of hydrogen-bond acceptors (Lipinski definition) is 8. The lowest BCUT2D eigenvalue weighted by Gasteiger charge is -2.41. The van der Waals surface area contributed by atoms with Crippen molar-refractivity contribution in [2.45, 2.75) is 95.5 Å². The maximum atomic E-state index is 13.2. The Morgan fingerprint density at radius 2 is 1.84 bits per heavy atom. The molecule has 0 atom stereocenters. The molecule has 2 aromatic rings. The highest BCUT2D eigenvalue weighted by Crippen LogP contribution is 2.40. The lowest BCUT2D eigenvalue weighted by atomic mass is 9.86. The maximum absolute atomic E-state index is 13.2. The summed E-state index contributed by atoms with van der Waals surface area (Å²) in [4.78, 5) is 19.9. The molecule has 1 saturated heterocycles. The van der Waals surface area contributed by atoms with Gasteiger partial charge in [-0.05, 0) is 65.5 Å². The van der Waals surface area contributed by atoms with E-state index in [4.69, 9.17) is 14.5 Å². The topological polar surface area (TPSA) is 110 Å². The van der Waals surface area contributed by atoms with Crippen LogP contribution in [0.5, 0.6) is 0 Å². The Bertz CT molecular complexity index is 1200. The second-order valence-electron chi connectivity index (χ2n) is 10.6. The van der Waals surface area contributed by atoms with Crippen LogP contribution < -0.4 is 14.9 Å². The largest absolute Gasteiger partial charge is 0.447 e. The highest BCUT2D eigenvalue weighted by atomic mass is 32.2. The van der Waals surface area contributed by atoms with E-state index in [2.05, 4.69) is 14.9 Å². The first-order valence-corrected chi connectivity index (χ1v) is 15.8. The van der Waals surface area contributed by atoms with E-state index in [0.717, 1.165) is 54.3 Å². The number of aromatic nitrogens is 1. The van der Waals surface area contributed by atoms with Crippen LogP contribution in [0, 0.1) is 0 Å². The fourth-order valence-electron chi connectivity index (χ4n) is 5.02. The van der Waals surface area contributed by atoms with Gasteiger partial charge in [0, 0.05) is 49.0 Å². The third kappa shape index (κ3) is 7.05. The van der Waals surface area contributed by atoms with E-state index in [1.165, 1.54) is 0 Å². The van der Waals surface area contributed by atoms with Crippen molar-refractivity contribution >= 4 is 33.1 Å². The van der Waals surface area contributed by atoms with Crippen molar-refractivity contribution in [1.82, 2.24) is 15.0 Å². The van der Waals surface area contributed by atoms with Gasteiger partial charge in [0.15, 0.2) is 0 Å². The highest BCUT2D eigenvalue weighted by molar-refractivity contribution is 7.89. The second kappa shape index (κ2) is 12.3. The molecule has 1 aromatic carbocycles. The summed E-state index contributed by atoms with van der Waals surface area (Å²) < 4.78 is 40.1. The Hall–Kier alpha value is -2.21. The number of benzene rings is 1. The van der Waals surface area contributed by atoms with Crippen LogP contribution in [0.15, 0.2) is 29.3 Å². The summed E-state index contributed by atoms with van der Waals surface area (Å²) >= 11 is 1.56. The molecule has 0 bridgehead atoms. The van der Waals surface area contributed by atoms with Crippen LogP contribution in [0.4, 0.5) is 10.5 Å². The monoisotopic (exact) mass is 564 g/mol. The van der Waals surface area contributed by atoms with Gasteiger partial charge in [0.05, 0.1) is 33.1 Å². The summed E-state index contributed by atoms with van der Waals surface area (Å²) in [7, 11) is -3.69. The molecule has 1 aliphatic carbocycles. The van der Waals surface area contributed by atoms with Crippen LogP contribution in [0.3, 0.4) is 0 Å². The molecule has 1 aliphatic heterocycles. The molecule has 38 heavy (non-hydrogen) atoms. The van der Waals surface area contributed by atoms with Gasteiger partial charge in [-0.1, -0.05) is 13.0 Å². The first-order valence-electron chi connectivity index (χ1n) is 13.5. The number of carbonyl (C=O) groups excluding carboxylic acids is 1. The molecule has 4 rings (SSSR count). The van der Waals surface area contributed by atoms with E-state index in [-0.39, 0.29) is 35.3 Å². The van der Waals surface area contributed by atoms with Gasteiger partial charge in [0.1, 0.15) is 0 Å². The summed E-state index contributed by atoms with van der Waals surface area (Å²) in [6, 6.07) is 5.76. The van der Waals surface area contributed by atoms with Gasteiger partial charge in [-0.3, -0.25) is 0 Å². The minimum Gasteiger partial charge on any atom is -0.447 e. The van der Waals surface area contributed by atoms with E-state index in [9.17, 15) is 13.2 Å². The molecule has 0 unspecified atom stereocenters. The summed E-state index contributed by atoms with van der Waals surface area (Å²) in [5.41, 5.74) is 1.54. The number of alkyl carbamates (subject to hydrolysis) is 1. The van der Waals surface area contributed by atoms with Gasteiger partial charge >= 0.3 is 6.09 Å². The molecule has 2 aliphatic rings. The van der Waals surface area contributed by atoms with Crippen LogP contribution >= 0.6 is 11.3 Å². The van der Waals surface area contributed by atoms with E-state index in [1.807, 2.05) is 39.8 Å². The molecule has 1 amide bonds. The number of hydrogen-bond donors (Lipinski definition) is 2. The van der Waals surface area contributed by atoms with E-state index < -0.39 is 10.0 Å². The van der Waals surface area contributed by atoms with Crippen LogP contribution in [-0.4, -0.2) is 63.5 Å². The summed E-state index contributed by atoms with van der Waals surface area (Å²) in [6.45, 7) is 11.3. The van der Waals surface area contributed by atoms with Crippen LogP contribution in [0.25, 0.3) is 10.4 Å². The van der Waals surface area contributed by atoms with Crippen molar-refractivity contribution < 1.29 is 22.7 Å². The fourth-order valence-corrected chi connectivity index (χ4v) is 7.49. The predicted molar refractivity (Wildman–Crippen MR) is 150 cm³/mol. The smallest absolute Gasteiger partial charge is 0.407 e. The third-order valence-corrected chi connectivity index (χ3v) is 9.58. The zero-order valence-corrected chi connectivity index (χ0v) is 24.5. The Morgan fingerprint density at radius 3 is 2.47 bits per heavy atom. The Balaban J connectivity index is 1.48. The zero-order valence-electron chi connectivity index (χ0n) is 22.9. The number of ether oxygens (including phenoxy) is 2. The average molecular weight is 565 g/mol. The molecular weight excluding hydrogens is 524 g/mol. The summed E-state index contributed by atoms with van der Waals surface area (Å²) in [5, 5.41) is 3.97. The quantitative estimate of drug-likeness (QED) is 0.423. The number of nitrogens with zero attached hydrogens (tertiary/aromatic N) is 2. The Kier molecular flexibility index (Phi) is 9.33. The molecule has 2 N–H and O–H groups in total. The fraction of sp³-hybridized carbons (Fsp3) is 0.630. The highest BCUT2D eigenvalue weighted by Gasteiger charge is 2.31. The van der Waals surface area contributed by atoms with E-state index in [1.54, 1.807) is 30.5 Å². The molecule has 2 heterocycles. The lowest BCUT2D eigenvalue weighted by Crippen LogP contribution is -2.53. The molecule has 2 fully saturated rings. The molecule has 1 aromatic heterocycles. The molecular formula is C27H40N4O5S2. The van der Waals surface area contributed by atoms with Crippen LogP contribution in [-0.2, 0) is 19.5 Å². The lowest BCUT2D eigenvalue weighted by molar-refractivity contribution is -0.00720. The zero-order chi connectivity index (χ0) is 27.4. The molecule has 11 heteroatoms. The number of thiazole rings is 1. The molecule has 0 radical (unpaired) electrons. The van der Waals surface area contributed by atoms with Gasteiger partial charge in [0.2, 0.25) is 10.0 Å². The standard InChI is InChI=1S/C27H40N4O5S2/c1-6-29-38(33,34)25-13-21(31-15-22(16-31)35-17(2)3)11-12-23(25)24-14-28-26(37-24)19-7-9-20(10-8-19)30-27(32)36-18(4)5/h11-14,17-20,22,29H,6-10,15-16H2,1-5H3,(H,30,32). The molecule has 0 spiro atoms. The number of nitrogens with one attached hydrogen (secondary N) is 2. The van der Waals surface area contributed by atoms with Crippen molar-refractivity contribution in [1.29, 1.82) is 0 Å². The predicted octanol–water partition coefficient (Wildman–Crippen LogP) is 4.88. The maximum Gasteiger partial charge on any atom is 0.407 e. The summed E-state index contributed by atoms with van der Waals surface area (Å²) in [6.07, 6.45) is 5.17. The van der Waals surface area contributed by atoms with Crippen molar-refractivity contribution in [3.8, 4) is 10.4 Å². The molecule has 9 nitrogen and oxygen atoms in total. The van der Waals surface area contributed by atoms with Gasteiger partial charge in [-0.25, -0.2) is 22.9 Å². The average Bonchev–Trinajstić information content (AvgIpc) is 3.31. The summed E-state index contributed by atoms with van der Waals surface area (Å²) in [5.74, 6) is 0.292. The molecule has 210 valence electrons. The Labute approximate surface area is 230 Å². The van der Waals surface area contributed by atoms with Gasteiger partial charge < -0.3 is 19.7 Å². The first kappa shape index (κ1) is 28.8. The number of amides is 1. The van der Waals surface area contributed by atoms with E-state index >= 15 is 0 Å². The normalized spacial score (nSPS) is 20.6. The molecule has 1 saturated carbocycles. The van der Waals surface area contributed by atoms with E-state index in [0.29, 0.717) is 18.0 Å². The number of rotatable bonds is 10. The first-order chi connectivity index (χ1) is 18.1. The van der Waals surface area contributed by atoms with Crippen molar-refractivity contribution in [2.24, 2.45) is 0 Å². The van der Waals surface area contributed by atoms with Crippen molar-refractivity contribution in [2.75, 3.05) is 24.5 Å². The van der Waals surface area contributed by atoms with Crippen LogP contribution in [0.2, 0.25) is 0 Å². The second-order valence-corrected chi connectivity index (χ2v) is 13.4. The van der Waals surface area contributed by atoms with Gasteiger partial charge in [0.25, 0.3) is 0 Å². The van der Waals surface area contributed by atoms with Crippen molar-refractivity contribution in [3.05, 3.63) is 29.4 Å². The minimum atomic E-state index is -3.69. The van der Waals surface area contributed by atoms with Crippen molar-refractivity contribution in [3.63, 3.8) is 0 Å². The number of carbonyl (C=O) groups is 1. The Morgan fingerprint density at radius 1 is 1.13 bits per heavy atom. The van der Waals surface area contributed by atoms with Gasteiger partial charge in [-0.2, -0.15) is 0 Å². The number of sulfonamides is 1. The van der Waals surface area contributed by atoms with Crippen LogP contribution in [0.1, 0.15) is 71.2 Å².